The SMILES string of the molecule is O=S(=O)(Cl)CC1(c2ccc(Cl)cc2)CCCC1. The molecule has 1 aromatic rings. The zero-order valence-electron chi connectivity index (χ0n) is 9.33. The third-order valence-corrected chi connectivity index (χ3v) is 4.94. The van der Waals surface area contributed by atoms with Crippen molar-refractivity contribution in [3.8, 4) is 0 Å². The molecule has 0 spiro atoms. The predicted molar refractivity (Wildman–Crippen MR) is 71.2 cm³/mol. The van der Waals surface area contributed by atoms with E-state index in [1.807, 2.05) is 12.1 Å². The van der Waals surface area contributed by atoms with E-state index in [9.17, 15) is 8.42 Å². The first-order valence-corrected chi connectivity index (χ1v) is 8.45. The monoisotopic (exact) mass is 292 g/mol. The van der Waals surface area contributed by atoms with E-state index in [1.54, 1.807) is 12.1 Å². The summed E-state index contributed by atoms with van der Waals surface area (Å²) in [6, 6.07) is 7.43. The van der Waals surface area contributed by atoms with Crippen LogP contribution in [0.4, 0.5) is 0 Å². The smallest absolute Gasteiger partial charge is 0.212 e. The number of hydrogen-bond donors (Lipinski definition) is 0. The van der Waals surface area contributed by atoms with Gasteiger partial charge in [0.25, 0.3) is 0 Å². The van der Waals surface area contributed by atoms with Gasteiger partial charge < -0.3 is 0 Å². The van der Waals surface area contributed by atoms with Crippen LogP contribution in [0.15, 0.2) is 24.3 Å². The molecule has 5 heteroatoms. The Hall–Kier alpha value is -0.250. The summed E-state index contributed by atoms with van der Waals surface area (Å²) in [5, 5.41) is 0.663. The minimum atomic E-state index is -3.49. The van der Waals surface area contributed by atoms with Crippen LogP contribution in [0.5, 0.6) is 0 Å². The van der Waals surface area contributed by atoms with Crippen molar-refractivity contribution in [3.63, 3.8) is 0 Å². The first-order valence-electron chi connectivity index (χ1n) is 5.60. The molecule has 0 heterocycles. The summed E-state index contributed by atoms with van der Waals surface area (Å²) in [7, 11) is 1.95. The molecule has 1 aliphatic rings. The Morgan fingerprint density at radius 3 is 2.12 bits per heavy atom. The molecule has 2 rings (SSSR count). The largest absolute Gasteiger partial charge is 0.233 e. The minimum absolute atomic E-state index is 0.0171. The van der Waals surface area contributed by atoms with Gasteiger partial charge in [-0.05, 0) is 30.5 Å². The molecule has 1 aliphatic carbocycles. The van der Waals surface area contributed by atoms with Crippen LogP contribution in [0.3, 0.4) is 0 Å². The summed E-state index contributed by atoms with van der Waals surface area (Å²) in [5.41, 5.74) is 0.717. The lowest BCUT2D eigenvalue weighted by Gasteiger charge is -2.28. The predicted octanol–water partition coefficient (Wildman–Crippen LogP) is 3.72. The maximum absolute atomic E-state index is 11.4. The van der Waals surface area contributed by atoms with Gasteiger partial charge in [0, 0.05) is 21.1 Å². The fourth-order valence-electron chi connectivity index (χ4n) is 2.70. The second-order valence-electron chi connectivity index (χ2n) is 4.68. The van der Waals surface area contributed by atoms with Gasteiger partial charge in [-0.3, -0.25) is 0 Å². The summed E-state index contributed by atoms with van der Waals surface area (Å²) in [6.07, 6.45) is 3.85. The highest BCUT2D eigenvalue weighted by molar-refractivity contribution is 8.13. The van der Waals surface area contributed by atoms with Gasteiger partial charge in [-0.15, -0.1) is 0 Å². The molecule has 0 saturated heterocycles. The second-order valence-corrected chi connectivity index (χ2v) is 7.89. The molecule has 0 atom stereocenters. The van der Waals surface area contributed by atoms with Gasteiger partial charge >= 0.3 is 0 Å². The summed E-state index contributed by atoms with van der Waals surface area (Å²) in [4.78, 5) is 0. The molecule has 0 bridgehead atoms. The molecule has 0 N–H and O–H groups in total. The van der Waals surface area contributed by atoms with Crippen molar-refractivity contribution in [1.29, 1.82) is 0 Å². The molecule has 17 heavy (non-hydrogen) atoms. The Morgan fingerprint density at radius 1 is 1.12 bits per heavy atom. The second kappa shape index (κ2) is 4.79. The van der Waals surface area contributed by atoms with E-state index >= 15 is 0 Å². The molecular weight excluding hydrogens is 279 g/mol. The Balaban J connectivity index is 2.37. The van der Waals surface area contributed by atoms with Gasteiger partial charge in [-0.25, -0.2) is 8.42 Å². The maximum Gasteiger partial charge on any atom is 0.233 e. The van der Waals surface area contributed by atoms with Crippen molar-refractivity contribution < 1.29 is 8.42 Å². The van der Waals surface area contributed by atoms with Crippen molar-refractivity contribution in [2.45, 2.75) is 31.1 Å². The lowest BCUT2D eigenvalue weighted by Crippen LogP contribution is -2.29. The van der Waals surface area contributed by atoms with Crippen LogP contribution in [-0.2, 0) is 14.5 Å². The molecule has 0 aliphatic heterocycles. The molecule has 0 unspecified atom stereocenters. The van der Waals surface area contributed by atoms with Gasteiger partial charge in [0.05, 0.1) is 5.75 Å². The fourth-order valence-corrected chi connectivity index (χ4v) is 4.57. The summed E-state index contributed by atoms with van der Waals surface area (Å²) >= 11 is 5.85. The molecule has 0 radical (unpaired) electrons. The molecule has 1 aromatic carbocycles. The lowest BCUT2D eigenvalue weighted by atomic mass is 9.81. The highest BCUT2D eigenvalue weighted by atomic mass is 35.7. The molecule has 0 amide bonds. The highest BCUT2D eigenvalue weighted by Crippen LogP contribution is 2.42. The number of rotatable bonds is 3. The van der Waals surface area contributed by atoms with Crippen LogP contribution in [-0.4, -0.2) is 14.2 Å². The van der Waals surface area contributed by atoms with E-state index in [-0.39, 0.29) is 11.2 Å². The Bertz CT molecular complexity index is 488. The lowest BCUT2D eigenvalue weighted by molar-refractivity contribution is 0.485. The number of halogens is 2. The highest BCUT2D eigenvalue weighted by Gasteiger charge is 2.39. The Labute approximate surface area is 111 Å². The third-order valence-electron chi connectivity index (χ3n) is 3.47. The summed E-state index contributed by atoms with van der Waals surface area (Å²) in [6.45, 7) is 0. The molecule has 2 nitrogen and oxygen atoms in total. The van der Waals surface area contributed by atoms with Gasteiger partial charge in [-0.2, -0.15) is 0 Å². The number of hydrogen-bond acceptors (Lipinski definition) is 2. The average Bonchev–Trinajstić information content (AvgIpc) is 2.65. The van der Waals surface area contributed by atoms with Crippen LogP contribution in [0.25, 0.3) is 0 Å². The normalized spacial score (nSPS) is 19.4. The van der Waals surface area contributed by atoms with Crippen LogP contribution < -0.4 is 0 Å². The fraction of sp³-hybridized carbons (Fsp3) is 0.500. The van der Waals surface area contributed by atoms with E-state index in [0.717, 1.165) is 31.2 Å². The van der Waals surface area contributed by atoms with Crippen molar-refractivity contribution >= 4 is 31.3 Å². The third kappa shape index (κ3) is 3.15. The first kappa shape index (κ1) is 13.2. The average molecular weight is 293 g/mol. The van der Waals surface area contributed by atoms with E-state index in [0.29, 0.717) is 5.02 Å². The zero-order valence-corrected chi connectivity index (χ0v) is 11.7. The molecule has 1 saturated carbocycles. The van der Waals surface area contributed by atoms with Gasteiger partial charge in [-0.1, -0.05) is 36.6 Å². The molecular formula is C12H14Cl2O2S. The van der Waals surface area contributed by atoms with E-state index < -0.39 is 9.05 Å². The van der Waals surface area contributed by atoms with Gasteiger partial charge in [0.15, 0.2) is 0 Å². The van der Waals surface area contributed by atoms with Crippen LogP contribution in [0, 0.1) is 0 Å². The molecule has 1 fully saturated rings. The summed E-state index contributed by atoms with van der Waals surface area (Å²) in [5.74, 6) is 0.0171. The Morgan fingerprint density at radius 2 is 1.65 bits per heavy atom. The van der Waals surface area contributed by atoms with Crippen molar-refractivity contribution in [2.24, 2.45) is 0 Å². The van der Waals surface area contributed by atoms with E-state index in [4.69, 9.17) is 22.3 Å². The minimum Gasteiger partial charge on any atom is -0.212 e. The van der Waals surface area contributed by atoms with E-state index in [1.165, 1.54) is 0 Å². The molecule has 0 aromatic heterocycles. The van der Waals surface area contributed by atoms with Crippen molar-refractivity contribution in [3.05, 3.63) is 34.9 Å². The topological polar surface area (TPSA) is 34.1 Å². The van der Waals surface area contributed by atoms with Crippen LogP contribution >= 0.6 is 22.3 Å². The van der Waals surface area contributed by atoms with Crippen molar-refractivity contribution in [2.75, 3.05) is 5.75 Å². The first-order chi connectivity index (χ1) is 7.91. The Kier molecular flexibility index (Phi) is 3.71. The van der Waals surface area contributed by atoms with Gasteiger partial charge in [0.2, 0.25) is 9.05 Å². The van der Waals surface area contributed by atoms with Crippen molar-refractivity contribution in [1.82, 2.24) is 0 Å². The quantitative estimate of drug-likeness (QED) is 0.796. The van der Waals surface area contributed by atoms with E-state index in [2.05, 4.69) is 0 Å². The summed E-state index contributed by atoms with van der Waals surface area (Å²) < 4.78 is 22.7. The maximum atomic E-state index is 11.4. The van der Waals surface area contributed by atoms with Gasteiger partial charge in [0.1, 0.15) is 0 Å². The van der Waals surface area contributed by atoms with Crippen LogP contribution in [0.1, 0.15) is 31.2 Å². The zero-order chi connectivity index (χ0) is 12.5. The van der Waals surface area contributed by atoms with Crippen LogP contribution in [0.2, 0.25) is 5.02 Å². The number of benzene rings is 1. The molecule has 94 valence electrons. The standard InChI is InChI=1S/C12H14Cl2O2S/c13-11-5-3-10(4-6-11)12(7-1-2-8-12)9-17(14,15)16/h3-6H,1-2,7-9H2.